The van der Waals surface area contributed by atoms with Crippen LogP contribution in [0.5, 0.6) is 0 Å². The number of unbranched alkanes of at least 4 members (excludes halogenated alkanes) is 2. The topological polar surface area (TPSA) is 25.8 Å². The molecule has 0 amide bonds. The van der Waals surface area contributed by atoms with E-state index in [2.05, 4.69) is 24.0 Å². The van der Waals surface area contributed by atoms with Crippen LogP contribution in [-0.2, 0) is 12.8 Å². The summed E-state index contributed by atoms with van der Waals surface area (Å²) in [4.78, 5) is 0. The average Bonchev–Trinajstić information content (AvgIpc) is 2.76. The van der Waals surface area contributed by atoms with E-state index in [-0.39, 0.29) is 5.82 Å². The Kier molecular flexibility index (Phi) is 8.64. The van der Waals surface area contributed by atoms with Gasteiger partial charge in [0.1, 0.15) is 5.82 Å². The monoisotopic (exact) mass is 396 g/mol. The SMILES string of the molecule is CCCCc1ccc(-c2ccc(CCC3CCC(CCCC)CC3)nn2)c(F)c1. The van der Waals surface area contributed by atoms with Crippen molar-refractivity contribution in [3.05, 3.63) is 47.4 Å². The third kappa shape index (κ3) is 6.62. The van der Waals surface area contributed by atoms with E-state index in [9.17, 15) is 4.39 Å². The molecule has 0 unspecified atom stereocenters. The Hall–Kier alpha value is -1.77. The zero-order valence-corrected chi connectivity index (χ0v) is 18.3. The predicted octanol–water partition coefficient (Wildman–Crippen LogP) is 7.55. The van der Waals surface area contributed by atoms with E-state index in [1.807, 2.05) is 24.3 Å². The van der Waals surface area contributed by atoms with Crippen molar-refractivity contribution in [3.63, 3.8) is 0 Å². The summed E-state index contributed by atoms with van der Waals surface area (Å²) in [5.41, 5.74) is 3.27. The van der Waals surface area contributed by atoms with E-state index < -0.39 is 0 Å². The van der Waals surface area contributed by atoms with E-state index in [1.54, 1.807) is 6.07 Å². The van der Waals surface area contributed by atoms with Gasteiger partial charge in [0.05, 0.1) is 11.4 Å². The first kappa shape index (κ1) is 21.9. The number of halogens is 1. The summed E-state index contributed by atoms with van der Waals surface area (Å²) in [6.45, 7) is 4.44. The van der Waals surface area contributed by atoms with Crippen molar-refractivity contribution in [1.29, 1.82) is 0 Å². The first-order valence-corrected chi connectivity index (χ1v) is 11.8. The quantitative estimate of drug-likeness (QED) is 0.414. The van der Waals surface area contributed by atoms with Crippen molar-refractivity contribution >= 4 is 0 Å². The second-order valence-corrected chi connectivity index (χ2v) is 8.90. The summed E-state index contributed by atoms with van der Waals surface area (Å²) >= 11 is 0. The highest BCUT2D eigenvalue weighted by Crippen LogP contribution is 2.34. The molecule has 3 heteroatoms. The van der Waals surface area contributed by atoms with Gasteiger partial charge in [-0.3, -0.25) is 0 Å². The van der Waals surface area contributed by atoms with Gasteiger partial charge in [0.2, 0.25) is 0 Å². The fourth-order valence-corrected chi connectivity index (χ4v) is 4.59. The Balaban J connectivity index is 1.49. The third-order valence-corrected chi connectivity index (χ3v) is 6.59. The first-order chi connectivity index (χ1) is 14.2. The lowest BCUT2D eigenvalue weighted by atomic mass is 9.78. The maximum Gasteiger partial charge on any atom is 0.132 e. The molecule has 1 saturated carbocycles. The summed E-state index contributed by atoms with van der Waals surface area (Å²) in [5, 5.41) is 8.71. The number of aromatic nitrogens is 2. The van der Waals surface area contributed by atoms with Crippen LogP contribution in [0.2, 0.25) is 0 Å². The van der Waals surface area contributed by atoms with Gasteiger partial charge >= 0.3 is 0 Å². The summed E-state index contributed by atoms with van der Waals surface area (Å²) in [6, 6.07) is 9.46. The van der Waals surface area contributed by atoms with Gasteiger partial charge < -0.3 is 0 Å². The lowest BCUT2D eigenvalue weighted by Gasteiger charge is -2.28. The first-order valence-electron chi connectivity index (χ1n) is 11.8. The van der Waals surface area contributed by atoms with Crippen LogP contribution in [0, 0.1) is 17.7 Å². The number of aryl methyl sites for hydroxylation is 2. The summed E-state index contributed by atoms with van der Waals surface area (Å²) in [5.74, 6) is 1.61. The number of hydrogen-bond acceptors (Lipinski definition) is 2. The Labute approximate surface area is 176 Å². The molecular formula is C26H37FN2. The highest BCUT2D eigenvalue weighted by Gasteiger charge is 2.20. The molecule has 1 fully saturated rings. The van der Waals surface area contributed by atoms with Crippen LogP contribution in [0.3, 0.4) is 0 Å². The van der Waals surface area contributed by atoms with Crippen molar-refractivity contribution in [3.8, 4) is 11.3 Å². The van der Waals surface area contributed by atoms with E-state index in [4.69, 9.17) is 0 Å². The maximum atomic E-state index is 14.5. The van der Waals surface area contributed by atoms with Gasteiger partial charge in [0.15, 0.2) is 0 Å². The van der Waals surface area contributed by atoms with Crippen LogP contribution in [0.1, 0.15) is 89.3 Å². The Morgan fingerprint density at radius 3 is 2.17 bits per heavy atom. The van der Waals surface area contributed by atoms with Crippen molar-refractivity contribution in [2.24, 2.45) is 11.8 Å². The highest BCUT2D eigenvalue weighted by molar-refractivity contribution is 5.59. The molecule has 1 heterocycles. The molecule has 1 aliphatic rings. The van der Waals surface area contributed by atoms with Gasteiger partial charge in [-0.25, -0.2) is 4.39 Å². The fraction of sp³-hybridized carbons (Fsp3) is 0.615. The lowest BCUT2D eigenvalue weighted by molar-refractivity contribution is 0.249. The van der Waals surface area contributed by atoms with Crippen LogP contribution >= 0.6 is 0 Å². The van der Waals surface area contributed by atoms with Gasteiger partial charge in [-0.1, -0.05) is 71.3 Å². The summed E-state index contributed by atoms with van der Waals surface area (Å²) < 4.78 is 14.5. The minimum Gasteiger partial charge on any atom is -0.206 e. The molecule has 0 saturated heterocycles. The van der Waals surface area contributed by atoms with Crippen LogP contribution in [0.25, 0.3) is 11.3 Å². The van der Waals surface area contributed by atoms with Gasteiger partial charge in [0.25, 0.3) is 0 Å². The number of nitrogens with zero attached hydrogens (tertiary/aromatic N) is 2. The molecular weight excluding hydrogens is 359 g/mol. The van der Waals surface area contributed by atoms with Gasteiger partial charge in [-0.05, 0) is 67.3 Å². The number of rotatable bonds is 10. The van der Waals surface area contributed by atoms with Crippen LogP contribution in [0.15, 0.2) is 30.3 Å². The van der Waals surface area contributed by atoms with Crippen molar-refractivity contribution in [2.45, 2.75) is 90.9 Å². The molecule has 1 aliphatic carbocycles. The normalized spacial score (nSPS) is 19.4. The van der Waals surface area contributed by atoms with Gasteiger partial charge in [-0.15, -0.1) is 0 Å². The Bertz CT molecular complexity index is 733. The van der Waals surface area contributed by atoms with Crippen LogP contribution in [-0.4, -0.2) is 10.2 Å². The molecule has 1 aromatic heterocycles. The van der Waals surface area contributed by atoms with Crippen molar-refractivity contribution < 1.29 is 4.39 Å². The molecule has 158 valence electrons. The molecule has 0 N–H and O–H groups in total. The molecule has 2 aromatic rings. The Morgan fingerprint density at radius 2 is 1.55 bits per heavy atom. The molecule has 0 atom stereocenters. The second-order valence-electron chi connectivity index (χ2n) is 8.90. The predicted molar refractivity (Wildman–Crippen MR) is 119 cm³/mol. The molecule has 0 spiro atoms. The molecule has 3 rings (SSSR count). The van der Waals surface area contributed by atoms with E-state index in [1.165, 1.54) is 51.4 Å². The minimum atomic E-state index is -0.194. The van der Waals surface area contributed by atoms with Crippen molar-refractivity contribution in [1.82, 2.24) is 10.2 Å². The Morgan fingerprint density at radius 1 is 0.828 bits per heavy atom. The van der Waals surface area contributed by atoms with Gasteiger partial charge in [-0.2, -0.15) is 10.2 Å². The second kappa shape index (κ2) is 11.4. The average molecular weight is 397 g/mol. The van der Waals surface area contributed by atoms with E-state index in [0.717, 1.165) is 48.8 Å². The standard InChI is InChI=1S/C26H37FN2/c1-3-5-7-20-9-11-21(12-10-20)13-15-23-16-18-26(29-28-23)24-17-14-22(8-6-4-2)19-25(24)27/h14,16-21H,3-13,15H2,1-2H3. The molecule has 29 heavy (non-hydrogen) atoms. The molecule has 0 bridgehead atoms. The largest absolute Gasteiger partial charge is 0.206 e. The maximum absolute atomic E-state index is 14.5. The van der Waals surface area contributed by atoms with Crippen molar-refractivity contribution in [2.75, 3.05) is 0 Å². The number of benzene rings is 1. The summed E-state index contributed by atoms with van der Waals surface area (Å²) in [6.07, 6.45) is 15.0. The van der Waals surface area contributed by atoms with Crippen LogP contribution in [0.4, 0.5) is 4.39 Å². The van der Waals surface area contributed by atoms with E-state index >= 15 is 0 Å². The minimum absolute atomic E-state index is 0.194. The lowest BCUT2D eigenvalue weighted by Crippen LogP contribution is -2.15. The third-order valence-electron chi connectivity index (χ3n) is 6.59. The number of hydrogen-bond donors (Lipinski definition) is 0. The molecule has 2 nitrogen and oxygen atoms in total. The van der Waals surface area contributed by atoms with Crippen LogP contribution < -0.4 is 0 Å². The zero-order chi connectivity index (χ0) is 20.5. The fourth-order valence-electron chi connectivity index (χ4n) is 4.59. The summed E-state index contributed by atoms with van der Waals surface area (Å²) in [7, 11) is 0. The highest BCUT2D eigenvalue weighted by atomic mass is 19.1. The molecule has 1 aromatic carbocycles. The molecule has 0 radical (unpaired) electrons. The zero-order valence-electron chi connectivity index (χ0n) is 18.3. The molecule has 0 aliphatic heterocycles. The smallest absolute Gasteiger partial charge is 0.132 e. The van der Waals surface area contributed by atoms with Gasteiger partial charge in [0, 0.05) is 5.56 Å². The van der Waals surface area contributed by atoms with E-state index in [0.29, 0.717) is 11.3 Å².